The van der Waals surface area contributed by atoms with Crippen molar-refractivity contribution in [3.63, 3.8) is 0 Å². The van der Waals surface area contributed by atoms with Crippen molar-refractivity contribution in [3.8, 4) is 5.88 Å². The first-order chi connectivity index (χ1) is 7.18. The van der Waals surface area contributed by atoms with Gasteiger partial charge in [-0.2, -0.15) is 18.2 Å². The molecule has 0 fully saturated rings. The molecule has 3 nitrogen and oxygen atoms in total. The lowest BCUT2D eigenvalue weighted by molar-refractivity contribution is -0.145. The van der Waals surface area contributed by atoms with Gasteiger partial charge >= 0.3 is 6.18 Å². The number of alkyl halides is 3. The molecule has 0 aliphatic heterocycles. The highest BCUT2D eigenvalue weighted by Crippen LogP contribution is 2.27. The van der Waals surface area contributed by atoms with Gasteiger partial charge in [-0.15, -0.1) is 0 Å². The molecule has 0 atom stereocenters. The van der Waals surface area contributed by atoms with Crippen molar-refractivity contribution < 1.29 is 17.9 Å². The van der Waals surface area contributed by atoms with Gasteiger partial charge in [-0.25, -0.2) is 4.98 Å². The largest absolute Gasteiger partial charge is 0.477 e. The van der Waals surface area contributed by atoms with Gasteiger partial charge in [0.1, 0.15) is 0 Å². The lowest BCUT2D eigenvalue weighted by Gasteiger charge is -2.18. The van der Waals surface area contributed by atoms with E-state index in [0.29, 0.717) is 6.61 Å². The van der Waals surface area contributed by atoms with Crippen molar-refractivity contribution in [1.82, 2.24) is 9.97 Å². The fourth-order valence-corrected chi connectivity index (χ4v) is 0.850. The van der Waals surface area contributed by atoms with Crippen LogP contribution in [0, 0.1) is 5.41 Å². The van der Waals surface area contributed by atoms with Gasteiger partial charge in [0.15, 0.2) is 0 Å². The topological polar surface area (TPSA) is 35.0 Å². The highest BCUT2D eigenvalue weighted by Gasteiger charge is 2.34. The third kappa shape index (κ3) is 4.04. The van der Waals surface area contributed by atoms with E-state index in [-0.39, 0.29) is 11.3 Å². The lowest BCUT2D eigenvalue weighted by Crippen LogP contribution is -2.18. The minimum absolute atomic E-state index is 0.0581. The Kier molecular flexibility index (Phi) is 3.40. The summed E-state index contributed by atoms with van der Waals surface area (Å²) in [6, 6.07) is 1.31. The summed E-state index contributed by atoms with van der Waals surface area (Å²) in [5.74, 6) is -1.24. The molecule has 0 amide bonds. The zero-order valence-corrected chi connectivity index (χ0v) is 9.30. The van der Waals surface area contributed by atoms with E-state index in [2.05, 4.69) is 9.97 Å². The number of rotatable bonds is 2. The summed E-state index contributed by atoms with van der Waals surface area (Å²) >= 11 is 0. The third-order valence-electron chi connectivity index (χ3n) is 1.54. The van der Waals surface area contributed by atoms with E-state index in [9.17, 15) is 13.2 Å². The van der Waals surface area contributed by atoms with Gasteiger partial charge in [-0.05, 0) is 5.41 Å². The molecular formula is C10H13F3N2O. The summed E-state index contributed by atoms with van der Waals surface area (Å²) in [6.45, 7) is 6.04. The molecule has 0 radical (unpaired) electrons. The summed E-state index contributed by atoms with van der Waals surface area (Å²) in [5.41, 5.74) is -0.136. The maximum atomic E-state index is 12.3. The Morgan fingerprint density at radius 3 is 2.38 bits per heavy atom. The van der Waals surface area contributed by atoms with Crippen LogP contribution < -0.4 is 4.74 Å². The van der Waals surface area contributed by atoms with Crippen molar-refractivity contribution in [1.29, 1.82) is 0 Å². The van der Waals surface area contributed by atoms with E-state index in [1.165, 1.54) is 6.07 Å². The third-order valence-corrected chi connectivity index (χ3v) is 1.54. The van der Waals surface area contributed by atoms with E-state index in [1.54, 1.807) is 0 Å². The van der Waals surface area contributed by atoms with Gasteiger partial charge in [0.05, 0.1) is 6.61 Å². The molecule has 90 valence electrons. The average Bonchev–Trinajstić information content (AvgIpc) is 2.13. The van der Waals surface area contributed by atoms with Crippen LogP contribution in [0.5, 0.6) is 5.88 Å². The van der Waals surface area contributed by atoms with Crippen LogP contribution in [0.3, 0.4) is 0 Å². The second-order valence-corrected chi connectivity index (χ2v) is 4.57. The first-order valence-corrected chi connectivity index (χ1v) is 4.71. The van der Waals surface area contributed by atoms with Crippen LogP contribution in [0.4, 0.5) is 13.2 Å². The molecule has 16 heavy (non-hydrogen) atoms. The van der Waals surface area contributed by atoms with Crippen LogP contribution >= 0.6 is 0 Å². The second-order valence-electron chi connectivity index (χ2n) is 4.57. The van der Waals surface area contributed by atoms with Gasteiger partial charge in [-0.1, -0.05) is 20.8 Å². The highest BCUT2D eigenvalue weighted by atomic mass is 19.4. The molecule has 1 rings (SSSR count). The Morgan fingerprint density at radius 2 is 1.88 bits per heavy atom. The average molecular weight is 234 g/mol. The van der Waals surface area contributed by atoms with E-state index < -0.39 is 12.0 Å². The van der Waals surface area contributed by atoms with Crippen molar-refractivity contribution in [2.24, 2.45) is 5.41 Å². The predicted octanol–water partition coefficient (Wildman–Crippen LogP) is 2.92. The number of hydrogen-bond acceptors (Lipinski definition) is 3. The van der Waals surface area contributed by atoms with Crippen molar-refractivity contribution in [2.75, 3.05) is 6.61 Å². The zero-order valence-electron chi connectivity index (χ0n) is 9.30. The van der Waals surface area contributed by atoms with Gasteiger partial charge in [0.25, 0.3) is 0 Å². The van der Waals surface area contributed by atoms with E-state index >= 15 is 0 Å². The smallest absolute Gasteiger partial charge is 0.451 e. The molecule has 0 aliphatic carbocycles. The Labute approximate surface area is 91.7 Å². The van der Waals surface area contributed by atoms with Crippen molar-refractivity contribution >= 4 is 0 Å². The molecule has 0 aromatic carbocycles. The Hall–Kier alpha value is -1.33. The summed E-state index contributed by atoms with van der Waals surface area (Å²) in [5, 5.41) is 0. The minimum Gasteiger partial charge on any atom is -0.477 e. The molecule has 1 heterocycles. The van der Waals surface area contributed by atoms with E-state index in [0.717, 1.165) is 6.20 Å². The Bertz CT molecular complexity index is 358. The number of aromatic nitrogens is 2. The summed E-state index contributed by atoms with van der Waals surface area (Å²) in [6.07, 6.45) is -3.51. The predicted molar refractivity (Wildman–Crippen MR) is 52.0 cm³/mol. The van der Waals surface area contributed by atoms with Gasteiger partial charge in [0.2, 0.25) is 11.7 Å². The first-order valence-electron chi connectivity index (χ1n) is 4.71. The first kappa shape index (κ1) is 12.7. The monoisotopic (exact) mass is 234 g/mol. The molecule has 0 saturated heterocycles. The van der Waals surface area contributed by atoms with Gasteiger partial charge < -0.3 is 4.74 Å². The van der Waals surface area contributed by atoms with E-state index in [1.807, 2.05) is 20.8 Å². The maximum Gasteiger partial charge on any atom is 0.451 e. The lowest BCUT2D eigenvalue weighted by atomic mass is 9.99. The van der Waals surface area contributed by atoms with Crippen molar-refractivity contribution in [3.05, 3.63) is 18.1 Å². The normalized spacial score (nSPS) is 12.6. The van der Waals surface area contributed by atoms with Gasteiger partial charge in [-0.3, -0.25) is 0 Å². The summed E-state index contributed by atoms with van der Waals surface area (Å²) in [4.78, 5) is 6.43. The molecule has 1 aromatic heterocycles. The number of halogens is 3. The molecule has 0 saturated carbocycles. The molecule has 0 unspecified atom stereocenters. The molecule has 0 aliphatic rings. The van der Waals surface area contributed by atoms with Gasteiger partial charge in [0, 0.05) is 12.3 Å². The highest BCUT2D eigenvalue weighted by molar-refractivity contribution is 5.10. The van der Waals surface area contributed by atoms with Crippen LogP contribution in [0.1, 0.15) is 26.6 Å². The molecular weight excluding hydrogens is 221 g/mol. The minimum atomic E-state index is -4.54. The zero-order chi connectivity index (χ0) is 12.4. The van der Waals surface area contributed by atoms with E-state index in [4.69, 9.17) is 4.74 Å². The van der Waals surface area contributed by atoms with Crippen molar-refractivity contribution in [2.45, 2.75) is 26.9 Å². The fourth-order valence-electron chi connectivity index (χ4n) is 0.850. The number of nitrogens with zero attached hydrogens (tertiary/aromatic N) is 2. The maximum absolute atomic E-state index is 12.3. The number of ether oxygens (including phenoxy) is 1. The molecule has 1 aromatic rings. The van der Waals surface area contributed by atoms with Crippen LogP contribution in [0.15, 0.2) is 12.3 Å². The summed E-state index contributed by atoms with van der Waals surface area (Å²) < 4.78 is 41.9. The Morgan fingerprint density at radius 1 is 1.25 bits per heavy atom. The number of hydrogen-bond donors (Lipinski definition) is 0. The fraction of sp³-hybridized carbons (Fsp3) is 0.600. The molecule has 6 heteroatoms. The molecule has 0 bridgehead atoms. The van der Waals surface area contributed by atoms with Crippen LogP contribution in [0.25, 0.3) is 0 Å². The standard InChI is InChI=1S/C10H13F3N2O/c1-9(2,3)6-16-7-4-5-14-8(15-7)10(11,12)13/h4-5H,6H2,1-3H3. The summed E-state index contributed by atoms with van der Waals surface area (Å²) in [7, 11) is 0. The van der Waals surface area contributed by atoms with Crippen LogP contribution in [0.2, 0.25) is 0 Å². The van der Waals surface area contributed by atoms with Crippen LogP contribution in [-0.2, 0) is 6.18 Å². The quantitative estimate of drug-likeness (QED) is 0.789. The molecule has 0 spiro atoms. The Balaban J connectivity index is 2.76. The SMILES string of the molecule is CC(C)(C)COc1ccnc(C(F)(F)F)n1. The second kappa shape index (κ2) is 4.27. The molecule has 0 N–H and O–H groups in total. The van der Waals surface area contributed by atoms with Crippen LogP contribution in [-0.4, -0.2) is 16.6 Å².